The lowest BCUT2D eigenvalue weighted by molar-refractivity contribution is -0.152. The van der Waals surface area contributed by atoms with Gasteiger partial charge in [-0.25, -0.2) is 0 Å². The molecule has 0 aromatic rings. The minimum atomic E-state index is -0.285. The van der Waals surface area contributed by atoms with E-state index in [1.54, 1.807) is 0 Å². The Hall–Kier alpha value is -1.10. The van der Waals surface area contributed by atoms with Crippen LogP contribution in [0.25, 0.3) is 0 Å². The van der Waals surface area contributed by atoms with Crippen LogP contribution < -0.4 is 0 Å². The van der Waals surface area contributed by atoms with Crippen LogP contribution in [0.5, 0.6) is 0 Å². The molecule has 5 nitrogen and oxygen atoms in total. The van der Waals surface area contributed by atoms with Gasteiger partial charge in [0.25, 0.3) is 0 Å². The Balaban J connectivity index is 1.88. The monoisotopic (exact) mass is 228 g/mol. The Labute approximate surface area is 94.0 Å². The van der Waals surface area contributed by atoms with Crippen molar-refractivity contribution in [2.45, 2.75) is 45.0 Å². The highest BCUT2D eigenvalue weighted by atomic mass is 16.6. The zero-order valence-corrected chi connectivity index (χ0v) is 9.47. The van der Waals surface area contributed by atoms with Crippen LogP contribution in [0.15, 0.2) is 0 Å². The number of fused-ring (bicyclic) bond motifs is 2. The van der Waals surface area contributed by atoms with E-state index in [2.05, 4.69) is 0 Å². The van der Waals surface area contributed by atoms with Gasteiger partial charge in [0.2, 0.25) is 0 Å². The molecule has 90 valence electrons. The minimum Gasteiger partial charge on any atom is -0.465 e. The third-order valence-corrected chi connectivity index (χ3v) is 3.06. The zero-order valence-electron chi connectivity index (χ0n) is 9.47. The molecule has 5 heteroatoms. The normalized spacial score (nSPS) is 36.1. The second-order valence-corrected chi connectivity index (χ2v) is 4.40. The fraction of sp³-hybridized carbons (Fsp3) is 0.818. The molecule has 2 aliphatic heterocycles. The van der Waals surface area contributed by atoms with Crippen molar-refractivity contribution in [3.63, 3.8) is 0 Å². The van der Waals surface area contributed by atoms with Gasteiger partial charge in [-0.3, -0.25) is 9.59 Å². The first-order valence-electron chi connectivity index (χ1n) is 5.52. The molecule has 0 aliphatic carbocycles. The molecule has 0 radical (unpaired) electrons. The number of hydrogen-bond acceptors (Lipinski definition) is 5. The van der Waals surface area contributed by atoms with Crippen molar-refractivity contribution in [3.05, 3.63) is 0 Å². The molecule has 0 aromatic carbocycles. The summed E-state index contributed by atoms with van der Waals surface area (Å²) in [5, 5.41) is 0. The van der Waals surface area contributed by atoms with Gasteiger partial charge >= 0.3 is 11.9 Å². The van der Waals surface area contributed by atoms with Gasteiger partial charge in [-0.05, 0) is 6.42 Å². The molecule has 0 N–H and O–H groups in total. The zero-order chi connectivity index (χ0) is 11.7. The van der Waals surface area contributed by atoms with Gasteiger partial charge in [0.1, 0.15) is 12.2 Å². The predicted molar refractivity (Wildman–Crippen MR) is 53.6 cm³/mol. The average molecular weight is 228 g/mol. The summed E-state index contributed by atoms with van der Waals surface area (Å²) in [4.78, 5) is 21.6. The molecule has 0 spiro atoms. The van der Waals surface area contributed by atoms with E-state index < -0.39 is 0 Å². The molecule has 4 unspecified atom stereocenters. The highest BCUT2D eigenvalue weighted by molar-refractivity contribution is 5.66. The van der Waals surface area contributed by atoms with E-state index in [0.717, 1.165) is 12.8 Å². The number of carbonyl (C=O) groups is 2. The van der Waals surface area contributed by atoms with E-state index in [-0.39, 0.29) is 36.2 Å². The molecular formula is C11H16O5. The van der Waals surface area contributed by atoms with Crippen LogP contribution in [0.1, 0.15) is 26.7 Å². The van der Waals surface area contributed by atoms with Crippen molar-refractivity contribution in [1.29, 1.82) is 0 Å². The summed E-state index contributed by atoms with van der Waals surface area (Å²) in [5.41, 5.74) is 0. The molecule has 2 aliphatic rings. The molecule has 0 saturated carbocycles. The lowest BCUT2D eigenvalue weighted by Gasteiger charge is -2.25. The van der Waals surface area contributed by atoms with Crippen LogP contribution in [-0.2, 0) is 23.8 Å². The Morgan fingerprint density at radius 2 is 2.00 bits per heavy atom. The van der Waals surface area contributed by atoms with Crippen LogP contribution >= 0.6 is 0 Å². The van der Waals surface area contributed by atoms with Crippen LogP contribution in [0.3, 0.4) is 0 Å². The van der Waals surface area contributed by atoms with E-state index in [1.807, 2.05) is 0 Å². The second kappa shape index (κ2) is 4.41. The SMILES string of the molecule is CC(=O)OCC1CC2CC(OC(C)=O)C1O2. The van der Waals surface area contributed by atoms with E-state index in [1.165, 1.54) is 13.8 Å². The molecule has 2 rings (SSSR count). The van der Waals surface area contributed by atoms with Gasteiger partial charge in [-0.1, -0.05) is 0 Å². The molecule has 16 heavy (non-hydrogen) atoms. The third kappa shape index (κ3) is 2.35. The van der Waals surface area contributed by atoms with Crippen molar-refractivity contribution in [2.75, 3.05) is 6.61 Å². The third-order valence-electron chi connectivity index (χ3n) is 3.06. The van der Waals surface area contributed by atoms with Crippen molar-refractivity contribution in [1.82, 2.24) is 0 Å². The number of esters is 2. The van der Waals surface area contributed by atoms with Gasteiger partial charge in [-0.15, -0.1) is 0 Å². The van der Waals surface area contributed by atoms with Crippen molar-refractivity contribution in [3.8, 4) is 0 Å². The summed E-state index contributed by atoms with van der Waals surface area (Å²) in [5.74, 6) is -0.411. The predicted octanol–water partition coefficient (Wildman–Crippen LogP) is 0.659. The lowest BCUT2D eigenvalue weighted by atomic mass is 9.87. The number of hydrogen-bond donors (Lipinski definition) is 0. The van der Waals surface area contributed by atoms with Gasteiger partial charge < -0.3 is 14.2 Å². The average Bonchev–Trinajstić information content (AvgIpc) is 2.72. The summed E-state index contributed by atoms with van der Waals surface area (Å²) >= 11 is 0. The van der Waals surface area contributed by atoms with Crippen molar-refractivity contribution in [2.24, 2.45) is 5.92 Å². The molecule has 2 saturated heterocycles. The summed E-state index contributed by atoms with van der Waals surface area (Å²) in [7, 11) is 0. The van der Waals surface area contributed by atoms with Crippen LogP contribution in [0.4, 0.5) is 0 Å². The molecule has 4 atom stereocenters. The molecule has 0 aromatic heterocycles. The second-order valence-electron chi connectivity index (χ2n) is 4.40. The smallest absolute Gasteiger partial charge is 0.302 e. The topological polar surface area (TPSA) is 61.8 Å². The maximum Gasteiger partial charge on any atom is 0.302 e. The van der Waals surface area contributed by atoms with E-state index in [9.17, 15) is 9.59 Å². The van der Waals surface area contributed by atoms with E-state index in [0.29, 0.717) is 6.61 Å². The standard InChI is InChI=1S/C11H16O5/c1-6(12)14-5-8-3-9-4-10(11(8)16-9)15-7(2)13/h8-11H,3-5H2,1-2H3. The van der Waals surface area contributed by atoms with Gasteiger partial charge in [0, 0.05) is 26.2 Å². The molecule has 2 heterocycles. The van der Waals surface area contributed by atoms with Gasteiger partial charge in [-0.2, -0.15) is 0 Å². The summed E-state index contributed by atoms with van der Waals surface area (Å²) in [6.07, 6.45) is 1.52. The van der Waals surface area contributed by atoms with E-state index in [4.69, 9.17) is 14.2 Å². The van der Waals surface area contributed by atoms with Crippen LogP contribution in [0, 0.1) is 5.92 Å². The van der Waals surface area contributed by atoms with Crippen LogP contribution in [0.2, 0.25) is 0 Å². The Morgan fingerprint density at radius 1 is 1.25 bits per heavy atom. The Bertz CT molecular complexity index is 299. The first-order chi connectivity index (χ1) is 7.56. The summed E-state index contributed by atoms with van der Waals surface area (Å²) < 4.78 is 15.8. The lowest BCUT2D eigenvalue weighted by Crippen LogP contribution is -2.36. The minimum absolute atomic E-state index is 0.103. The summed E-state index contributed by atoms with van der Waals surface area (Å²) in [6.45, 7) is 3.14. The fourth-order valence-electron chi connectivity index (χ4n) is 2.51. The maximum absolute atomic E-state index is 10.9. The van der Waals surface area contributed by atoms with E-state index >= 15 is 0 Å². The fourth-order valence-corrected chi connectivity index (χ4v) is 2.51. The maximum atomic E-state index is 10.9. The number of rotatable bonds is 3. The Kier molecular flexibility index (Phi) is 3.14. The number of carbonyl (C=O) groups excluding carboxylic acids is 2. The van der Waals surface area contributed by atoms with Crippen molar-refractivity contribution < 1.29 is 23.8 Å². The first kappa shape index (κ1) is 11.4. The number of ether oxygens (including phenoxy) is 3. The molecular weight excluding hydrogens is 212 g/mol. The molecule has 2 fully saturated rings. The van der Waals surface area contributed by atoms with Gasteiger partial charge in [0.15, 0.2) is 0 Å². The first-order valence-corrected chi connectivity index (χ1v) is 5.52. The van der Waals surface area contributed by atoms with Gasteiger partial charge in [0.05, 0.1) is 12.7 Å². The molecule has 0 amide bonds. The largest absolute Gasteiger partial charge is 0.465 e. The van der Waals surface area contributed by atoms with Crippen molar-refractivity contribution >= 4 is 11.9 Å². The molecule has 2 bridgehead atoms. The van der Waals surface area contributed by atoms with Crippen LogP contribution in [-0.4, -0.2) is 36.9 Å². The quantitative estimate of drug-likeness (QED) is 0.664. The Morgan fingerprint density at radius 3 is 2.56 bits per heavy atom. The highest BCUT2D eigenvalue weighted by Gasteiger charge is 2.49. The highest BCUT2D eigenvalue weighted by Crippen LogP contribution is 2.40. The summed E-state index contributed by atoms with van der Waals surface area (Å²) in [6, 6.07) is 0.